The molecule has 2 heterocycles. The molecule has 1 aliphatic rings. The van der Waals surface area contributed by atoms with Crippen molar-refractivity contribution in [2.24, 2.45) is 0 Å². The van der Waals surface area contributed by atoms with E-state index >= 15 is 0 Å². The van der Waals surface area contributed by atoms with Crippen molar-refractivity contribution in [2.75, 3.05) is 46.5 Å². The van der Waals surface area contributed by atoms with Crippen molar-refractivity contribution in [3.63, 3.8) is 0 Å². The molecule has 1 aromatic carbocycles. The van der Waals surface area contributed by atoms with Gasteiger partial charge in [0.2, 0.25) is 5.91 Å². The molecule has 27 heavy (non-hydrogen) atoms. The van der Waals surface area contributed by atoms with Gasteiger partial charge in [-0.1, -0.05) is 24.3 Å². The summed E-state index contributed by atoms with van der Waals surface area (Å²) in [5.41, 5.74) is 0.806. The van der Waals surface area contributed by atoms with Crippen molar-refractivity contribution in [3.8, 4) is 0 Å². The van der Waals surface area contributed by atoms with Crippen LogP contribution in [0.25, 0.3) is 10.9 Å². The topological polar surface area (TPSA) is 89.0 Å². The van der Waals surface area contributed by atoms with Gasteiger partial charge in [-0.2, -0.15) is 0 Å². The fourth-order valence-electron chi connectivity index (χ4n) is 2.69. The minimum Gasteiger partial charge on any atom is -0.451 e. The number of carbonyl (C=O) groups excluding carboxylic acids is 3. The lowest BCUT2D eigenvalue weighted by Gasteiger charge is -2.28. The monoisotopic (exact) mass is 371 g/mol. The third-order valence-corrected chi connectivity index (χ3v) is 4.30. The molecule has 1 aliphatic heterocycles. The minimum atomic E-state index is -0.679. The Hall–Kier alpha value is -3.00. The van der Waals surface area contributed by atoms with Crippen LogP contribution in [0, 0.1) is 0 Å². The number of esters is 1. The Balaban J connectivity index is 1.51. The number of likely N-dealkylation sites (N-methyl/N-ethyl adjacent to an activating group) is 1. The first-order chi connectivity index (χ1) is 13.0. The van der Waals surface area contributed by atoms with Gasteiger partial charge in [0.1, 0.15) is 5.69 Å². The molecule has 0 unspecified atom stereocenters. The van der Waals surface area contributed by atoms with E-state index in [1.807, 2.05) is 18.2 Å². The third kappa shape index (κ3) is 4.79. The molecule has 0 bridgehead atoms. The molecule has 2 aromatic rings. The van der Waals surface area contributed by atoms with Gasteiger partial charge in [0.05, 0.1) is 25.3 Å². The van der Waals surface area contributed by atoms with Crippen LogP contribution in [0.2, 0.25) is 0 Å². The largest absolute Gasteiger partial charge is 0.451 e. The molecule has 3 rings (SSSR count). The minimum absolute atomic E-state index is 0.0649. The fraction of sp³-hybridized carbons (Fsp3) is 0.368. The number of aromatic nitrogens is 1. The fourth-order valence-corrected chi connectivity index (χ4v) is 2.69. The zero-order valence-electron chi connectivity index (χ0n) is 15.1. The highest BCUT2D eigenvalue weighted by Gasteiger charge is 2.21. The Morgan fingerprint density at radius 3 is 2.67 bits per heavy atom. The third-order valence-electron chi connectivity index (χ3n) is 4.30. The summed E-state index contributed by atoms with van der Waals surface area (Å²) in [6.07, 6.45) is 0. The number of rotatable bonds is 5. The van der Waals surface area contributed by atoms with E-state index in [0.29, 0.717) is 31.8 Å². The maximum atomic E-state index is 12.2. The standard InChI is InChI=1S/C19H21N3O5/c1-21(12-17(23)22-8-10-26-11-9-22)18(24)13-27-19(25)16-7-6-14-4-2-3-5-15(14)20-16/h2-7H,8-13H2,1H3. The van der Waals surface area contributed by atoms with Crippen LogP contribution in [0.1, 0.15) is 10.5 Å². The van der Waals surface area contributed by atoms with Gasteiger partial charge in [-0.25, -0.2) is 9.78 Å². The summed E-state index contributed by atoms with van der Waals surface area (Å²) in [5.74, 6) is -1.29. The van der Waals surface area contributed by atoms with Gasteiger partial charge in [0.15, 0.2) is 6.61 Å². The van der Waals surface area contributed by atoms with Crippen molar-refractivity contribution in [3.05, 3.63) is 42.1 Å². The molecule has 2 amide bonds. The number of pyridine rings is 1. The first-order valence-corrected chi connectivity index (χ1v) is 8.67. The second-order valence-electron chi connectivity index (χ2n) is 6.21. The van der Waals surface area contributed by atoms with Gasteiger partial charge in [-0.05, 0) is 12.1 Å². The van der Waals surface area contributed by atoms with E-state index in [1.54, 1.807) is 23.1 Å². The number of hydrogen-bond acceptors (Lipinski definition) is 6. The van der Waals surface area contributed by atoms with E-state index in [9.17, 15) is 14.4 Å². The average molecular weight is 371 g/mol. The summed E-state index contributed by atoms with van der Waals surface area (Å²) >= 11 is 0. The first-order valence-electron chi connectivity index (χ1n) is 8.67. The van der Waals surface area contributed by atoms with E-state index in [2.05, 4.69) is 4.98 Å². The molecule has 1 aromatic heterocycles. The van der Waals surface area contributed by atoms with Crippen LogP contribution in [-0.2, 0) is 19.1 Å². The zero-order chi connectivity index (χ0) is 19.2. The summed E-state index contributed by atoms with van der Waals surface area (Å²) < 4.78 is 10.2. The Bertz CT molecular complexity index is 848. The second kappa shape index (κ2) is 8.59. The predicted octanol–water partition coefficient (Wildman–Crippen LogP) is 0.709. The summed E-state index contributed by atoms with van der Waals surface area (Å²) in [4.78, 5) is 43.6. The highest BCUT2D eigenvalue weighted by atomic mass is 16.5. The Kier molecular flexibility index (Phi) is 5.97. The van der Waals surface area contributed by atoms with Crippen LogP contribution in [0.5, 0.6) is 0 Å². The number of para-hydroxylation sites is 1. The number of morpholine rings is 1. The molecule has 0 N–H and O–H groups in total. The normalized spacial score (nSPS) is 14.0. The van der Waals surface area contributed by atoms with Gasteiger partial charge in [0, 0.05) is 25.5 Å². The molecule has 0 aliphatic carbocycles. The maximum absolute atomic E-state index is 12.2. The van der Waals surface area contributed by atoms with Crippen LogP contribution in [0.3, 0.4) is 0 Å². The second-order valence-corrected chi connectivity index (χ2v) is 6.21. The smallest absolute Gasteiger partial charge is 0.357 e. The molecule has 0 radical (unpaired) electrons. The Morgan fingerprint density at radius 1 is 1.15 bits per heavy atom. The van der Waals surface area contributed by atoms with Crippen LogP contribution >= 0.6 is 0 Å². The molecular formula is C19H21N3O5. The SMILES string of the molecule is CN(CC(=O)N1CCOCC1)C(=O)COC(=O)c1ccc2ccccc2n1. The number of fused-ring (bicyclic) bond motifs is 1. The van der Waals surface area contributed by atoms with Gasteiger partial charge < -0.3 is 19.3 Å². The van der Waals surface area contributed by atoms with E-state index in [4.69, 9.17) is 9.47 Å². The number of nitrogens with zero attached hydrogens (tertiary/aromatic N) is 3. The molecule has 142 valence electrons. The lowest BCUT2D eigenvalue weighted by molar-refractivity contribution is -0.143. The van der Waals surface area contributed by atoms with Crippen molar-refractivity contribution in [2.45, 2.75) is 0 Å². The zero-order valence-corrected chi connectivity index (χ0v) is 15.1. The summed E-state index contributed by atoms with van der Waals surface area (Å²) in [6.45, 7) is 1.53. The predicted molar refractivity (Wildman–Crippen MR) is 97.1 cm³/mol. The number of carbonyl (C=O) groups is 3. The van der Waals surface area contributed by atoms with E-state index in [-0.39, 0.29) is 18.1 Å². The van der Waals surface area contributed by atoms with Gasteiger partial charge in [-0.15, -0.1) is 0 Å². The molecule has 0 spiro atoms. The van der Waals surface area contributed by atoms with E-state index < -0.39 is 18.5 Å². The van der Waals surface area contributed by atoms with Crippen LogP contribution in [0.4, 0.5) is 0 Å². The highest BCUT2D eigenvalue weighted by Crippen LogP contribution is 2.12. The molecule has 1 fully saturated rings. The van der Waals surface area contributed by atoms with Crippen molar-refractivity contribution < 1.29 is 23.9 Å². The lowest BCUT2D eigenvalue weighted by Crippen LogP contribution is -2.46. The van der Waals surface area contributed by atoms with E-state index in [1.165, 1.54) is 11.9 Å². The van der Waals surface area contributed by atoms with Gasteiger partial charge in [0.25, 0.3) is 5.91 Å². The Morgan fingerprint density at radius 2 is 1.89 bits per heavy atom. The molecule has 0 atom stereocenters. The number of benzene rings is 1. The summed E-state index contributed by atoms with van der Waals surface area (Å²) in [7, 11) is 1.50. The molecule has 8 heteroatoms. The van der Waals surface area contributed by atoms with Crippen LogP contribution < -0.4 is 0 Å². The van der Waals surface area contributed by atoms with Gasteiger partial charge in [-0.3, -0.25) is 9.59 Å². The number of amides is 2. The molecule has 1 saturated heterocycles. The van der Waals surface area contributed by atoms with E-state index in [0.717, 1.165) is 5.39 Å². The Labute approximate surface area is 156 Å². The lowest BCUT2D eigenvalue weighted by atomic mass is 10.2. The first kappa shape index (κ1) is 18.8. The summed E-state index contributed by atoms with van der Waals surface area (Å²) in [6, 6.07) is 10.7. The number of hydrogen-bond donors (Lipinski definition) is 0. The van der Waals surface area contributed by atoms with Crippen molar-refractivity contribution >= 4 is 28.7 Å². The highest BCUT2D eigenvalue weighted by molar-refractivity contribution is 5.93. The number of ether oxygens (including phenoxy) is 2. The molecular weight excluding hydrogens is 350 g/mol. The van der Waals surface area contributed by atoms with Crippen molar-refractivity contribution in [1.29, 1.82) is 0 Å². The van der Waals surface area contributed by atoms with Crippen molar-refractivity contribution in [1.82, 2.24) is 14.8 Å². The average Bonchev–Trinajstić information content (AvgIpc) is 2.71. The maximum Gasteiger partial charge on any atom is 0.357 e. The van der Waals surface area contributed by atoms with Gasteiger partial charge >= 0.3 is 5.97 Å². The molecule has 8 nitrogen and oxygen atoms in total. The van der Waals surface area contributed by atoms with Crippen LogP contribution in [0.15, 0.2) is 36.4 Å². The molecule has 0 saturated carbocycles. The van der Waals surface area contributed by atoms with Crippen LogP contribution in [-0.4, -0.2) is 79.1 Å². The summed E-state index contributed by atoms with van der Waals surface area (Å²) in [5, 5.41) is 0.909. The quantitative estimate of drug-likeness (QED) is 0.719.